The molecule has 1 unspecified atom stereocenters. The Bertz CT molecular complexity index is 438. The minimum Gasteiger partial charge on any atom is -0.383 e. The van der Waals surface area contributed by atoms with E-state index in [9.17, 15) is 0 Å². The summed E-state index contributed by atoms with van der Waals surface area (Å²) in [7, 11) is 0. The molecule has 0 spiro atoms. The number of hydrogen-bond donors (Lipinski definition) is 1. The maximum atomic E-state index is 6.11. The van der Waals surface area contributed by atoms with Crippen molar-refractivity contribution in [2.24, 2.45) is 0 Å². The summed E-state index contributed by atoms with van der Waals surface area (Å²) < 4.78 is 6.11. The maximum Gasteiger partial charge on any atom is 0.126 e. The van der Waals surface area contributed by atoms with Crippen molar-refractivity contribution in [1.29, 1.82) is 0 Å². The van der Waals surface area contributed by atoms with Gasteiger partial charge in [-0.1, -0.05) is 6.07 Å². The summed E-state index contributed by atoms with van der Waals surface area (Å²) in [5.74, 6) is 0.944. The van der Waals surface area contributed by atoms with Gasteiger partial charge in [0, 0.05) is 17.7 Å². The van der Waals surface area contributed by atoms with Crippen molar-refractivity contribution in [3.63, 3.8) is 0 Å². The highest BCUT2D eigenvalue weighted by molar-refractivity contribution is 5.45. The number of aryl methyl sites for hydroxylation is 1. The third-order valence-corrected chi connectivity index (χ3v) is 3.54. The largest absolute Gasteiger partial charge is 0.383 e. The fourth-order valence-electron chi connectivity index (χ4n) is 2.93. The van der Waals surface area contributed by atoms with Crippen LogP contribution in [0.2, 0.25) is 0 Å². The van der Waals surface area contributed by atoms with E-state index in [0.29, 0.717) is 11.7 Å². The molecule has 0 aromatic carbocycles. The normalized spacial score (nSPS) is 26.1. The first kappa shape index (κ1) is 12.4. The Morgan fingerprint density at radius 1 is 1.35 bits per heavy atom. The van der Waals surface area contributed by atoms with E-state index in [2.05, 4.69) is 38.7 Å². The number of hydrogen-bond acceptors (Lipinski definition) is 3. The second-order valence-electron chi connectivity index (χ2n) is 6.21. The van der Waals surface area contributed by atoms with Gasteiger partial charge in [-0.15, -0.1) is 0 Å². The van der Waals surface area contributed by atoms with Crippen molar-refractivity contribution < 1.29 is 4.74 Å². The van der Waals surface area contributed by atoms with Crippen LogP contribution in [0.25, 0.3) is 0 Å². The number of rotatable bonds is 1. The van der Waals surface area contributed by atoms with Crippen LogP contribution in [-0.4, -0.2) is 16.2 Å². The highest BCUT2D eigenvalue weighted by Gasteiger charge is 2.47. The first-order valence-electron chi connectivity index (χ1n) is 6.13. The van der Waals surface area contributed by atoms with E-state index in [1.165, 1.54) is 0 Å². The highest BCUT2D eigenvalue weighted by Crippen LogP contribution is 2.48. The van der Waals surface area contributed by atoms with Gasteiger partial charge in [-0.25, -0.2) is 4.98 Å². The van der Waals surface area contributed by atoms with Crippen LogP contribution in [-0.2, 0) is 4.74 Å². The van der Waals surface area contributed by atoms with Crippen LogP contribution in [0.1, 0.15) is 51.2 Å². The van der Waals surface area contributed by atoms with E-state index in [0.717, 1.165) is 17.5 Å². The van der Waals surface area contributed by atoms with Gasteiger partial charge in [-0.05, 0) is 46.6 Å². The second-order valence-corrected chi connectivity index (χ2v) is 6.21. The van der Waals surface area contributed by atoms with Crippen LogP contribution >= 0.6 is 0 Å². The molecule has 2 heterocycles. The Hall–Kier alpha value is -1.09. The predicted octanol–water partition coefficient (Wildman–Crippen LogP) is 3.03. The molecule has 0 amide bonds. The van der Waals surface area contributed by atoms with Crippen molar-refractivity contribution in [3.8, 4) is 0 Å². The molecule has 2 N–H and O–H groups in total. The molecular weight excluding hydrogens is 212 g/mol. The van der Waals surface area contributed by atoms with Gasteiger partial charge >= 0.3 is 0 Å². The summed E-state index contributed by atoms with van der Waals surface area (Å²) in [5.41, 5.74) is 8.01. The predicted molar refractivity (Wildman–Crippen MR) is 70.0 cm³/mol. The number of anilines is 1. The number of ether oxygens (including phenoxy) is 1. The molecule has 1 aliphatic rings. The Labute approximate surface area is 103 Å². The Morgan fingerprint density at radius 2 is 2.00 bits per heavy atom. The van der Waals surface area contributed by atoms with E-state index < -0.39 is 0 Å². The van der Waals surface area contributed by atoms with Crippen LogP contribution in [0.4, 0.5) is 5.82 Å². The number of nitrogen functional groups attached to an aromatic ring is 1. The van der Waals surface area contributed by atoms with Crippen LogP contribution < -0.4 is 5.73 Å². The average molecular weight is 234 g/mol. The average Bonchev–Trinajstić information content (AvgIpc) is 2.38. The summed E-state index contributed by atoms with van der Waals surface area (Å²) in [6.45, 7) is 10.6. The van der Waals surface area contributed by atoms with Crippen molar-refractivity contribution >= 4 is 5.82 Å². The minimum atomic E-state index is -0.187. The molecule has 0 radical (unpaired) electrons. The molecule has 1 saturated heterocycles. The molecule has 1 aliphatic heterocycles. The summed E-state index contributed by atoms with van der Waals surface area (Å²) in [4.78, 5) is 4.26. The summed E-state index contributed by atoms with van der Waals surface area (Å²) in [5, 5.41) is 0. The van der Waals surface area contributed by atoms with Gasteiger partial charge < -0.3 is 10.5 Å². The molecular formula is C14H22N2O. The molecule has 0 aliphatic carbocycles. The second kappa shape index (κ2) is 3.70. The van der Waals surface area contributed by atoms with Gasteiger partial charge in [-0.3, -0.25) is 0 Å². The van der Waals surface area contributed by atoms with Crippen molar-refractivity contribution in [1.82, 2.24) is 4.98 Å². The summed E-state index contributed by atoms with van der Waals surface area (Å²) >= 11 is 0. The molecule has 0 bridgehead atoms. The maximum absolute atomic E-state index is 6.11. The SMILES string of the molecule is Cc1cnc(N)c(C2CC(C)(C)OC2(C)C)c1. The molecule has 3 heteroatoms. The third kappa shape index (κ3) is 2.29. The lowest BCUT2D eigenvalue weighted by atomic mass is 9.82. The smallest absolute Gasteiger partial charge is 0.126 e. The lowest BCUT2D eigenvalue weighted by molar-refractivity contribution is -0.0680. The Kier molecular flexibility index (Phi) is 2.69. The van der Waals surface area contributed by atoms with E-state index >= 15 is 0 Å². The standard InChI is InChI=1S/C14H22N2O/c1-9-6-10(12(15)16-8-9)11-7-13(2,3)17-14(11,4)5/h6,8,11H,7H2,1-5H3,(H2,15,16). The molecule has 1 aromatic rings. The van der Waals surface area contributed by atoms with Crippen LogP contribution in [0.5, 0.6) is 0 Å². The highest BCUT2D eigenvalue weighted by atomic mass is 16.5. The fraction of sp³-hybridized carbons (Fsp3) is 0.643. The van der Waals surface area contributed by atoms with Gasteiger partial charge in [0.15, 0.2) is 0 Å². The lowest BCUT2D eigenvalue weighted by Gasteiger charge is -2.28. The van der Waals surface area contributed by atoms with Crippen molar-refractivity contribution in [3.05, 3.63) is 23.4 Å². The monoisotopic (exact) mass is 234 g/mol. The Balaban J connectivity index is 2.43. The van der Waals surface area contributed by atoms with Gasteiger partial charge in [0.1, 0.15) is 5.82 Å². The number of nitrogens with two attached hydrogens (primary N) is 1. The number of aromatic nitrogens is 1. The van der Waals surface area contributed by atoms with Crippen LogP contribution in [0.3, 0.4) is 0 Å². The molecule has 3 nitrogen and oxygen atoms in total. The molecule has 2 rings (SSSR count). The van der Waals surface area contributed by atoms with Gasteiger partial charge in [0.05, 0.1) is 11.2 Å². The minimum absolute atomic E-state index is 0.0929. The quantitative estimate of drug-likeness (QED) is 0.812. The van der Waals surface area contributed by atoms with Crippen LogP contribution in [0, 0.1) is 6.92 Å². The molecule has 1 aromatic heterocycles. The van der Waals surface area contributed by atoms with Crippen molar-refractivity contribution in [2.45, 2.75) is 58.2 Å². The lowest BCUT2D eigenvalue weighted by Crippen LogP contribution is -2.29. The first-order chi connectivity index (χ1) is 7.71. The van der Waals surface area contributed by atoms with E-state index in [4.69, 9.17) is 10.5 Å². The molecule has 17 heavy (non-hydrogen) atoms. The third-order valence-electron chi connectivity index (χ3n) is 3.54. The fourth-order valence-corrected chi connectivity index (χ4v) is 2.93. The van der Waals surface area contributed by atoms with E-state index in [1.807, 2.05) is 13.1 Å². The van der Waals surface area contributed by atoms with E-state index in [-0.39, 0.29) is 11.2 Å². The van der Waals surface area contributed by atoms with Gasteiger partial charge in [0.25, 0.3) is 0 Å². The van der Waals surface area contributed by atoms with Crippen molar-refractivity contribution in [2.75, 3.05) is 5.73 Å². The summed E-state index contributed by atoms with van der Waals surface area (Å²) in [6.07, 6.45) is 2.79. The van der Waals surface area contributed by atoms with Crippen LogP contribution in [0.15, 0.2) is 12.3 Å². The number of pyridine rings is 1. The topological polar surface area (TPSA) is 48.1 Å². The number of nitrogens with zero attached hydrogens (tertiary/aromatic N) is 1. The molecule has 1 atom stereocenters. The van der Waals surface area contributed by atoms with E-state index in [1.54, 1.807) is 0 Å². The molecule has 94 valence electrons. The zero-order valence-electron chi connectivity index (χ0n) is 11.4. The molecule has 1 fully saturated rings. The van der Waals surface area contributed by atoms with Gasteiger partial charge in [-0.2, -0.15) is 0 Å². The van der Waals surface area contributed by atoms with Gasteiger partial charge in [0.2, 0.25) is 0 Å². The molecule has 0 saturated carbocycles. The zero-order chi connectivity index (χ0) is 12.8. The first-order valence-corrected chi connectivity index (χ1v) is 6.13. The Morgan fingerprint density at radius 3 is 2.53 bits per heavy atom. The summed E-state index contributed by atoms with van der Waals surface area (Å²) in [6, 6.07) is 2.14. The zero-order valence-corrected chi connectivity index (χ0v) is 11.4.